The van der Waals surface area contributed by atoms with E-state index >= 15 is 0 Å². The molecule has 0 bridgehead atoms. The van der Waals surface area contributed by atoms with E-state index in [0.717, 1.165) is 5.57 Å². The van der Waals surface area contributed by atoms with Gasteiger partial charge in [0.25, 0.3) is 5.56 Å². The molecule has 4 heteroatoms. The van der Waals surface area contributed by atoms with Crippen LogP contribution in [0.2, 0.25) is 0 Å². The first-order valence-electron chi connectivity index (χ1n) is 4.04. The fourth-order valence-electron chi connectivity index (χ4n) is 1.05. The highest BCUT2D eigenvalue weighted by atomic mass is 35.5. The van der Waals surface area contributed by atoms with Crippen LogP contribution in [0.15, 0.2) is 34.2 Å². The number of allylic oxidation sites excluding steroid dienone is 1. The zero-order valence-electron chi connectivity index (χ0n) is 7.70. The van der Waals surface area contributed by atoms with Gasteiger partial charge in [-0.2, -0.15) is 5.26 Å². The third-order valence-electron chi connectivity index (χ3n) is 1.75. The fourth-order valence-corrected chi connectivity index (χ4v) is 1.12. The van der Waals surface area contributed by atoms with Gasteiger partial charge in [-0.1, -0.05) is 11.6 Å². The average Bonchev–Trinajstić information content (AvgIpc) is 2.21. The Morgan fingerprint density at radius 3 is 3.07 bits per heavy atom. The molecule has 14 heavy (non-hydrogen) atoms. The van der Waals surface area contributed by atoms with Gasteiger partial charge >= 0.3 is 0 Å². The second kappa shape index (κ2) is 4.64. The molecular formula is C10H9ClN2O. The van der Waals surface area contributed by atoms with Gasteiger partial charge in [0, 0.05) is 18.3 Å². The lowest BCUT2D eigenvalue weighted by Gasteiger charge is -2.04. The minimum atomic E-state index is -0.284. The number of rotatable bonds is 2. The number of nitriles is 1. The molecule has 0 saturated heterocycles. The summed E-state index contributed by atoms with van der Waals surface area (Å²) in [6.07, 6.45) is 1.63. The smallest absolute Gasteiger partial charge is 0.268 e. The maximum atomic E-state index is 11.5. The van der Waals surface area contributed by atoms with Crippen LogP contribution in [-0.2, 0) is 6.54 Å². The molecule has 3 nitrogen and oxygen atoms in total. The quantitative estimate of drug-likeness (QED) is 0.745. The molecule has 0 radical (unpaired) electrons. The van der Waals surface area contributed by atoms with Gasteiger partial charge < -0.3 is 4.57 Å². The van der Waals surface area contributed by atoms with Crippen LogP contribution in [0.4, 0.5) is 0 Å². The van der Waals surface area contributed by atoms with E-state index in [1.165, 1.54) is 16.2 Å². The first-order valence-corrected chi connectivity index (χ1v) is 4.48. The van der Waals surface area contributed by atoms with E-state index in [0.29, 0.717) is 6.54 Å². The molecule has 0 N–H and O–H groups in total. The lowest BCUT2D eigenvalue weighted by molar-refractivity contribution is 0.745. The van der Waals surface area contributed by atoms with E-state index in [1.807, 2.05) is 13.0 Å². The molecule has 1 rings (SSSR count). The molecule has 0 saturated carbocycles. The lowest BCUT2D eigenvalue weighted by atomic mass is 10.3. The molecule has 0 aliphatic heterocycles. The molecule has 0 unspecified atom stereocenters. The Hall–Kier alpha value is -1.53. The molecule has 0 aliphatic rings. The third kappa shape index (κ3) is 2.24. The topological polar surface area (TPSA) is 45.8 Å². The summed E-state index contributed by atoms with van der Waals surface area (Å²) in [4.78, 5) is 11.5. The van der Waals surface area contributed by atoms with Gasteiger partial charge in [0.05, 0.1) is 0 Å². The van der Waals surface area contributed by atoms with E-state index in [2.05, 4.69) is 0 Å². The predicted molar refractivity (Wildman–Crippen MR) is 55.0 cm³/mol. The lowest BCUT2D eigenvalue weighted by Crippen LogP contribution is -2.21. The Labute approximate surface area is 86.9 Å². The van der Waals surface area contributed by atoms with Crippen LogP contribution in [0.5, 0.6) is 0 Å². The average molecular weight is 209 g/mol. The summed E-state index contributed by atoms with van der Waals surface area (Å²) >= 11 is 5.49. The second-order valence-electron chi connectivity index (χ2n) is 2.92. The molecule has 0 spiro atoms. The minimum absolute atomic E-state index is 0.148. The van der Waals surface area contributed by atoms with E-state index < -0.39 is 0 Å². The van der Waals surface area contributed by atoms with Crippen molar-refractivity contribution in [2.24, 2.45) is 0 Å². The zero-order chi connectivity index (χ0) is 10.6. The van der Waals surface area contributed by atoms with Crippen molar-refractivity contribution in [1.29, 1.82) is 5.26 Å². The summed E-state index contributed by atoms with van der Waals surface area (Å²) in [5.74, 6) is 0. The van der Waals surface area contributed by atoms with Crippen molar-refractivity contribution in [2.45, 2.75) is 13.5 Å². The van der Waals surface area contributed by atoms with E-state index in [4.69, 9.17) is 16.9 Å². The number of hydrogen-bond donors (Lipinski definition) is 0. The minimum Gasteiger partial charge on any atom is -0.310 e. The van der Waals surface area contributed by atoms with Gasteiger partial charge in [-0.25, -0.2) is 0 Å². The maximum absolute atomic E-state index is 11.5. The van der Waals surface area contributed by atoms with Gasteiger partial charge in [-0.15, -0.1) is 0 Å². The highest BCUT2D eigenvalue weighted by molar-refractivity contribution is 6.25. The molecule has 1 aromatic heterocycles. The fraction of sp³-hybridized carbons (Fsp3) is 0.200. The predicted octanol–water partition coefficient (Wildman–Crippen LogP) is 1.86. The van der Waals surface area contributed by atoms with Gasteiger partial charge in [-0.05, 0) is 24.6 Å². The van der Waals surface area contributed by atoms with E-state index in [9.17, 15) is 4.79 Å². The van der Waals surface area contributed by atoms with Crippen molar-refractivity contribution in [3.63, 3.8) is 0 Å². The van der Waals surface area contributed by atoms with Crippen molar-refractivity contribution in [3.8, 4) is 6.07 Å². The third-order valence-corrected chi connectivity index (χ3v) is 2.12. The van der Waals surface area contributed by atoms with Crippen molar-refractivity contribution >= 4 is 11.6 Å². The van der Waals surface area contributed by atoms with Crippen LogP contribution in [-0.4, -0.2) is 4.57 Å². The van der Waals surface area contributed by atoms with Crippen LogP contribution in [0.25, 0.3) is 0 Å². The Kier molecular flexibility index (Phi) is 3.49. The molecule has 1 aromatic rings. The summed E-state index contributed by atoms with van der Waals surface area (Å²) in [6.45, 7) is 2.23. The van der Waals surface area contributed by atoms with Crippen LogP contribution < -0.4 is 5.56 Å². The summed E-state index contributed by atoms with van der Waals surface area (Å²) < 4.78 is 1.45. The van der Waals surface area contributed by atoms with Crippen molar-refractivity contribution < 1.29 is 0 Å². The van der Waals surface area contributed by atoms with Crippen LogP contribution in [0.3, 0.4) is 0 Å². The summed E-state index contributed by atoms with van der Waals surface area (Å²) in [6, 6.07) is 5.01. The summed E-state index contributed by atoms with van der Waals surface area (Å²) in [5, 5.41) is 8.63. The molecule has 0 amide bonds. The highest BCUT2D eigenvalue weighted by Gasteiger charge is 2.01. The Balaban J connectivity index is 3.13. The monoisotopic (exact) mass is 208 g/mol. The van der Waals surface area contributed by atoms with Crippen molar-refractivity contribution in [3.05, 3.63) is 45.4 Å². The number of hydrogen-bond acceptors (Lipinski definition) is 2. The maximum Gasteiger partial charge on any atom is 0.268 e. The SMILES string of the molecule is C/C(=C/Cl)Cn1cccc(C#N)c1=O. The van der Waals surface area contributed by atoms with Gasteiger partial charge in [0.1, 0.15) is 11.6 Å². The molecule has 0 aromatic carbocycles. The van der Waals surface area contributed by atoms with Crippen molar-refractivity contribution in [2.75, 3.05) is 0 Å². The van der Waals surface area contributed by atoms with E-state index in [-0.39, 0.29) is 11.1 Å². The molecule has 0 aliphatic carbocycles. The molecular weight excluding hydrogens is 200 g/mol. The number of aromatic nitrogens is 1. The van der Waals surface area contributed by atoms with Crippen LogP contribution in [0, 0.1) is 11.3 Å². The normalized spacial score (nSPS) is 11.1. The van der Waals surface area contributed by atoms with Crippen LogP contribution in [0.1, 0.15) is 12.5 Å². The Morgan fingerprint density at radius 2 is 2.50 bits per heavy atom. The molecule has 0 atom stereocenters. The van der Waals surface area contributed by atoms with Gasteiger partial charge in [0.2, 0.25) is 0 Å². The van der Waals surface area contributed by atoms with Gasteiger partial charge in [0.15, 0.2) is 0 Å². The Morgan fingerprint density at radius 1 is 1.79 bits per heavy atom. The molecule has 72 valence electrons. The zero-order valence-corrected chi connectivity index (χ0v) is 8.45. The van der Waals surface area contributed by atoms with E-state index in [1.54, 1.807) is 12.3 Å². The Bertz CT molecular complexity index is 454. The largest absolute Gasteiger partial charge is 0.310 e. The van der Waals surface area contributed by atoms with Crippen molar-refractivity contribution in [1.82, 2.24) is 4.57 Å². The first-order chi connectivity index (χ1) is 6.69. The van der Waals surface area contributed by atoms with Crippen LogP contribution >= 0.6 is 11.6 Å². The number of halogens is 1. The highest BCUT2D eigenvalue weighted by Crippen LogP contribution is 1.99. The standard InChI is InChI=1S/C10H9ClN2O/c1-8(5-11)7-13-4-2-3-9(6-12)10(13)14/h2-5H,7H2,1H3/b8-5-. The molecule has 0 fully saturated rings. The molecule has 1 heterocycles. The first kappa shape index (κ1) is 10.6. The summed E-state index contributed by atoms with van der Waals surface area (Å²) in [7, 11) is 0. The number of nitrogens with zero attached hydrogens (tertiary/aromatic N) is 2. The number of pyridine rings is 1. The second-order valence-corrected chi connectivity index (χ2v) is 3.14. The van der Waals surface area contributed by atoms with Gasteiger partial charge in [-0.3, -0.25) is 4.79 Å². The summed E-state index contributed by atoms with van der Waals surface area (Å²) in [5.41, 5.74) is 2.15.